The molecule has 0 atom stereocenters. The van der Waals surface area contributed by atoms with Crippen molar-refractivity contribution in [1.82, 2.24) is 30.2 Å². The standard InChI is InChI=1S/C9H11N3O3.C7H7N3O3/c1-2-15-9(14)6-5-7-8(13)10-3-4-12(7)11-6;11-6-5-3-4(7(12)13)9-10(5)2-1-8-6/h5H,2-4H2,1H3,(H,10,13);3H,1-2H2,(H,8,11)(H,12,13). The lowest BCUT2D eigenvalue weighted by Crippen LogP contribution is -2.35. The third-order valence-electron chi connectivity index (χ3n) is 3.95. The molecule has 4 rings (SSSR count). The first-order valence-electron chi connectivity index (χ1n) is 8.53. The molecule has 0 spiro atoms. The van der Waals surface area contributed by atoms with E-state index in [1.54, 1.807) is 6.92 Å². The van der Waals surface area contributed by atoms with E-state index in [0.717, 1.165) is 0 Å². The number of aromatic carboxylic acids is 1. The zero-order chi connectivity index (χ0) is 20.3. The summed E-state index contributed by atoms with van der Waals surface area (Å²) in [4.78, 5) is 44.4. The molecule has 28 heavy (non-hydrogen) atoms. The van der Waals surface area contributed by atoms with Crippen molar-refractivity contribution < 1.29 is 29.0 Å². The number of carboxylic acid groups (broad SMARTS) is 1. The van der Waals surface area contributed by atoms with E-state index in [1.165, 1.54) is 21.5 Å². The zero-order valence-electron chi connectivity index (χ0n) is 15.0. The van der Waals surface area contributed by atoms with Crippen molar-refractivity contribution in [2.75, 3.05) is 19.7 Å². The van der Waals surface area contributed by atoms with Crippen LogP contribution in [0.25, 0.3) is 0 Å². The molecule has 3 N–H and O–H groups in total. The molecule has 148 valence electrons. The summed E-state index contributed by atoms with van der Waals surface area (Å²) in [7, 11) is 0. The Hall–Kier alpha value is -3.70. The number of carboxylic acids is 1. The number of esters is 1. The highest BCUT2D eigenvalue weighted by atomic mass is 16.5. The number of nitrogens with zero attached hydrogens (tertiary/aromatic N) is 4. The second-order valence-electron chi connectivity index (χ2n) is 5.81. The normalized spacial score (nSPS) is 14.6. The molecule has 2 aliphatic heterocycles. The van der Waals surface area contributed by atoms with Gasteiger partial charge in [0.1, 0.15) is 11.4 Å². The van der Waals surface area contributed by atoms with Gasteiger partial charge in [-0.15, -0.1) is 0 Å². The molecule has 0 saturated heterocycles. The van der Waals surface area contributed by atoms with Gasteiger partial charge in [-0.25, -0.2) is 9.59 Å². The molecule has 4 heterocycles. The van der Waals surface area contributed by atoms with Crippen molar-refractivity contribution in [3.8, 4) is 0 Å². The van der Waals surface area contributed by atoms with Crippen molar-refractivity contribution in [1.29, 1.82) is 0 Å². The van der Waals surface area contributed by atoms with Crippen LogP contribution in [0.15, 0.2) is 12.1 Å². The average molecular weight is 390 g/mol. The fraction of sp³-hybridized carbons (Fsp3) is 0.375. The van der Waals surface area contributed by atoms with Gasteiger partial charge in [-0.3, -0.25) is 19.0 Å². The number of carbonyl (C=O) groups is 4. The number of aromatic nitrogens is 4. The van der Waals surface area contributed by atoms with Gasteiger partial charge in [0.25, 0.3) is 11.8 Å². The smallest absolute Gasteiger partial charge is 0.358 e. The Labute approximate surface area is 158 Å². The number of carbonyl (C=O) groups excluding carboxylic acids is 3. The van der Waals surface area contributed by atoms with Gasteiger partial charge in [0, 0.05) is 25.2 Å². The first kappa shape index (κ1) is 19.1. The number of ether oxygens (including phenoxy) is 1. The highest BCUT2D eigenvalue weighted by molar-refractivity contribution is 5.97. The predicted molar refractivity (Wildman–Crippen MR) is 92.0 cm³/mol. The van der Waals surface area contributed by atoms with Gasteiger partial charge < -0.3 is 20.5 Å². The van der Waals surface area contributed by atoms with E-state index in [4.69, 9.17) is 9.84 Å². The molecule has 0 radical (unpaired) electrons. The van der Waals surface area contributed by atoms with Crippen LogP contribution in [0.2, 0.25) is 0 Å². The largest absolute Gasteiger partial charge is 0.476 e. The van der Waals surface area contributed by atoms with Crippen LogP contribution in [0.5, 0.6) is 0 Å². The number of rotatable bonds is 3. The van der Waals surface area contributed by atoms with Crippen LogP contribution in [-0.4, -0.2) is 68.1 Å². The Morgan fingerprint density at radius 3 is 2.00 bits per heavy atom. The molecular formula is C16H18N6O6. The van der Waals surface area contributed by atoms with Gasteiger partial charge >= 0.3 is 11.9 Å². The van der Waals surface area contributed by atoms with Gasteiger partial charge in [-0.2, -0.15) is 10.2 Å². The van der Waals surface area contributed by atoms with E-state index < -0.39 is 11.9 Å². The van der Waals surface area contributed by atoms with Gasteiger partial charge in [0.15, 0.2) is 11.4 Å². The van der Waals surface area contributed by atoms with Crippen LogP contribution in [0, 0.1) is 0 Å². The summed E-state index contributed by atoms with van der Waals surface area (Å²) < 4.78 is 7.72. The first-order valence-corrected chi connectivity index (χ1v) is 8.53. The van der Waals surface area contributed by atoms with Crippen LogP contribution in [0.4, 0.5) is 0 Å². The molecule has 0 bridgehead atoms. The lowest BCUT2D eigenvalue weighted by atomic mass is 10.3. The maximum atomic E-state index is 11.4. The van der Waals surface area contributed by atoms with E-state index in [-0.39, 0.29) is 23.2 Å². The molecule has 2 amide bonds. The topological polar surface area (TPSA) is 157 Å². The van der Waals surface area contributed by atoms with Crippen LogP contribution in [0.3, 0.4) is 0 Å². The minimum atomic E-state index is -1.12. The number of hydrogen-bond donors (Lipinski definition) is 3. The third kappa shape index (κ3) is 3.84. The van der Waals surface area contributed by atoms with Gasteiger partial charge in [0.05, 0.1) is 19.7 Å². The molecule has 2 aliphatic rings. The van der Waals surface area contributed by atoms with Gasteiger partial charge in [0.2, 0.25) is 0 Å². The molecule has 0 saturated carbocycles. The average Bonchev–Trinajstić information content (AvgIpc) is 3.28. The summed E-state index contributed by atoms with van der Waals surface area (Å²) in [5, 5.41) is 21.6. The molecule has 0 unspecified atom stereocenters. The van der Waals surface area contributed by atoms with Crippen molar-refractivity contribution in [3.63, 3.8) is 0 Å². The summed E-state index contributed by atoms with van der Waals surface area (Å²) in [5.74, 6) is -2.09. The van der Waals surface area contributed by atoms with Crippen LogP contribution >= 0.6 is 0 Å². The van der Waals surface area contributed by atoms with Crippen LogP contribution in [0.1, 0.15) is 48.9 Å². The number of amides is 2. The summed E-state index contributed by atoms with van der Waals surface area (Å²) in [6, 6.07) is 2.73. The molecule has 0 aliphatic carbocycles. The monoisotopic (exact) mass is 390 g/mol. The fourth-order valence-electron chi connectivity index (χ4n) is 2.68. The third-order valence-corrected chi connectivity index (χ3v) is 3.95. The number of hydrogen-bond acceptors (Lipinski definition) is 7. The summed E-state index contributed by atoms with van der Waals surface area (Å²) >= 11 is 0. The van der Waals surface area contributed by atoms with Gasteiger partial charge in [-0.1, -0.05) is 0 Å². The SMILES string of the molecule is CCOC(=O)c1cc2n(n1)CCNC2=O.O=C(O)c1cc2n(n1)CCNC2=O. The van der Waals surface area contributed by atoms with E-state index in [2.05, 4.69) is 20.8 Å². The van der Waals surface area contributed by atoms with Crippen LogP contribution in [-0.2, 0) is 17.8 Å². The minimum absolute atomic E-state index is 0.0907. The molecule has 2 aromatic rings. The maximum absolute atomic E-state index is 11.4. The lowest BCUT2D eigenvalue weighted by Gasteiger charge is -2.13. The quantitative estimate of drug-likeness (QED) is 0.571. The maximum Gasteiger partial charge on any atom is 0.358 e. The van der Waals surface area contributed by atoms with E-state index in [9.17, 15) is 19.2 Å². The number of fused-ring (bicyclic) bond motifs is 2. The first-order chi connectivity index (χ1) is 13.4. The van der Waals surface area contributed by atoms with E-state index in [0.29, 0.717) is 44.2 Å². The summed E-state index contributed by atoms with van der Waals surface area (Å²) in [5.41, 5.74) is 0.809. The minimum Gasteiger partial charge on any atom is -0.476 e. The Bertz CT molecular complexity index is 946. The summed E-state index contributed by atoms with van der Waals surface area (Å²) in [6.45, 7) is 4.16. The van der Waals surface area contributed by atoms with Crippen molar-refractivity contribution in [3.05, 3.63) is 34.9 Å². The lowest BCUT2D eigenvalue weighted by molar-refractivity contribution is 0.0517. The molecule has 0 aromatic carbocycles. The Morgan fingerprint density at radius 2 is 1.54 bits per heavy atom. The van der Waals surface area contributed by atoms with Gasteiger partial charge in [-0.05, 0) is 6.92 Å². The summed E-state index contributed by atoms with van der Waals surface area (Å²) in [6.07, 6.45) is 0. The molecule has 0 fully saturated rings. The molecular weight excluding hydrogens is 372 g/mol. The highest BCUT2D eigenvalue weighted by Crippen LogP contribution is 2.09. The van der Waals surface area contributed by atoms with E-state index >= 15 is 0 Å². The molecule has 12 nitrogen and oxygen atoms in total. The van der Waals surface area contributed by atoms with Crippen molar-refractivity contribution >= 4 is 23.8 Å². The van der Waals surface area contributed by atoms with Crippen molar-refractivity contribution in [2.45, 2.75) is 20.0 Å². The predicted octanol–water partition coefficient (Wildman–Crippen LogP) is -0.872. The number of nitrogens with one attached hydrogen (secondary N) is 2. The van der Waals surface area contributed by atoms with Crippen LogP contribution < -0.4 is 10.6 Å². The second-order valence-corrected chi connectivity index (χ2v) is 5.81. The van der Waals surface area contributed by atoms with Crippen molar-refractivity contribution in [2.24, 2.45) is 0 Å². The Kier molecular flexibility index (Phi) is 5.38. The zero-order valence-corrected chi connectivity index (χ0v) is 15.0. The Morgan fingerprint density at radius 1 is 1.04 bits per heavy atom. The van der Waals surface area contributed by atoms with E-state index in [1.807, 2.05) is 0 Å². The second kappa shape index (κ2) is 7.90. The highest BCUT2D eigenvalue weighted by Gasteiger charge is 2.23. The Balaban J connectivity index is 0.000000162. The molecule has 12 heteroatoms. The fourth-order valence-corrected chi connectivity index (χ4v) is 2.68. The molecule has 2 aromatic heterocycles.